The standard InChI is InChI=1S/C13H23NO4/c1-9(2)14-13(12(15)16,10-3-4-10)8-18-11-5-6-17-7-11/h9-11,14H,3-8H2,1-2H3,(H,15,16). The third kappa shape index (κ3) is 3.02. The summed E-state index contributed by atoms with van der Waals surface area (Å²) in [5.74, 6) is -0.600. The summed E-state index contributed by atoms with van der Waals surface area (Å²) in [4.78, 5) is 11.7. The molecule has 0 aromatic heterocycles. The predicted molar refractivity (Wildman–Crippen MR) is 66.5 cm³/mol. The fourth-order valence-electron chi connectivity index (χ4n) is 2.56. The number of carbonyl (C=O) groups is 1. The molecule has 104 valence electrons. The first-order valence-electron chi connectivity index (χ1n) is 6.75. The van der Waals surface area contributed by atoms with Crippen molar-refractivity contribution in [2.24, 2.45) is 5.92 Å². The number of carboxylic acid groups (broad SMARTS) is 1. The normalized spacial score (nSPS) is 27.4. The van der Waals surface area contributed by atoms with Gasteiger partial charge in [-0.1, -0.05) is 0 Å². The number of ether oxygens (including phenoxy) is 2. The topological polar surface area (TPSA) is 67.8 Å². The quantitative estimate of drug-likeness (QED) is 0.713. The van der Waals surface area contributed by atoms with Gasteiger partial charge in [-0.2, -0.15) is 0 Å². The summed E-state index contributed by atoms with van der Waals surface area (Å²) in [6.07, 6.45) is 2.85. The molecule has 2 atom stereocenters. The number of hydrogen-bond acceptors (Lipinski definition) is 4. The second-order valence-corrected chi connectivity index (χ2v) is 5.65. The molecule has 0 aromatic carbocycles. The molecule has 0 amide bonds. The highest BCUT2D eigenvalue weighted by atomic mass is 16.5. The molecule has 2 rings (SSSR count). The molecule has 0 spiro atoms. The van der Waals surface area contributed by atoms with Crippen molar-refractivity contribution in [3.05, 3.63) is 0 Å². The van der Waals surface area contributed by atoms with E-state index < -0.39 is 11.5 Å². The maximum absolute atomic E-state index is 11.7. The van der Waals surface area contributed by atoms with Crippen LogP contribution in [0.1, 0.15) is 33.1 Å². The average Bonchev–Trinajstić information content (AvgIpc) is 3.01. The van der Waals surface area contributed by atoms with Crippen LogP contribution in [0.2, 0.25) is 0 Å². The van der Waals surface area contributed by atoms with Gasteiger partial charge in [0, 0.05) is 12.6 Å². The van der Waals surface area contributed by atoms with Gasteiger partial charge in [0.05, 0.1) is 19.3 Å². The second-order valence-electron chi connectivity index (χ2n) is 5.65. The SMILES string of the molecule is CC(C)NC(COC1CCOC1)(C(=O)O)C1CC1. The van der Waals surface area contributed by atoms with E-state index in [1.54, 1.807) is 0 Å². The molecule has 2 unspecified atom stereocenters. The summed E-state index contributed by atoms with van der Waals surface area (Å²) >= 11 is 0. The Morgan fingerprint density at radius 3 is 2.67 bits per heavy atom. The first kappa shape index (κ1) is 13.8. The summed E-state index contributed by atoms with van der Waals surface area (Å²) in [5.41, 5.74) is -0.920. The molecular formula is C13H23NO4. The third-order valence-electron chi connectivity index (χ3n) is 3.64. The lowest BCUT2D eigenvalue weighted by atomic mass is 9.93. The molecular weight excluding hydrogens is 234 g/mol. The molecule has 1 aliphatic carbocycles. The molecule has 0 aromatic rings. The monoisotopic (exact) mass is 257 g/mol. The maximum Gasteiger partial charge on any atom is 0.326 e. The molecule has 1 saturated heterocycles. The van der Waals surface area contributed by atoms with Gasteiger partial charge < -0.3 is 14.6 Å². The molecule has 1 saturated carbocycles. The lowest BCUT2D eigenvalue weighted by Crippen LogP contribution is -2.60. The van der Waals surface area contributed by atoms with E-state index in [2.05, 4.69) is 5.32 Å². The third-order valence-corrected chi connectivity index (χ3v) is 3.64. The summed E-state index contributed by atoms with van der Waals surface area (Å²) in [6, 6.07) is 0.130. The van der Waals surface area contributed by atoms with E-state index in [0.29, 0.717) is 13.2 Å². The second kappa shape index (κ2) is 5.55. The lowest BCUT2D eigenvalue weighted by molar-refractivity contribution is -0.151. The van der Waals surface area contributed by atoms with Crippen LogP contribution in [0, 0.1) is 5.92 Å². The van der Waals surface area contributed by atoms with Gasteiger partial charge in [0.15, 0.2) is 0 Å². The van der Waals surface area contributed by atoms with Gasteiger partial charge in [-0.15, -0.1) is 0 Å². The Hall–Kier alpha value is -0.650. The van der Waals surface area contributed by atoms with E-state index in [4.69, 9.17) is 9.47 Å². The number of aliphatic carboxylic acids is 1. The van der Waals surface area contributed by atoms with Gasteiger partial charge in [0.2, 0.25) is 0 Å². The zero-order valence-corrected chi connectivity index (χ0v) is 11.1. The van der Waals surface area contributed by atoms with E-state index in [0.717, 1.165) is 19.3 Å². The lowest BCUT2D eigenvalue weighted by Gasteiger charge is -2.33. The van der Waals surface area contributed by atoms with E-state index in [1.165, 1.54) is 0 Å². The van der Waals surface area contributed by atoms with Crippen molar-refractivity contribution in [3.8, 4) is 0 Å². The van der Waals surface area contributed by atoms with Crippen LogP contribution in [0.5, 0.6) is 0 Å². The molecule has 1 aliphatic heterocycles. The molecule has 0 radical (unpaired) electrons. The molecule has 2 N–H and O–H groups in total. The number of carboxylic acids is 1. The highest BCUT2D eigenvalue weighted by Crippen LogP contribution is 2.40. The Morgan fingerprint density at radius 1 is 1.50 bits per heavy atom. The van der Waals surface area contributed by atoms with Crippen molar-refractivity contribution in [2.45, 2.75) is 50.8 Å². The van der Waals surface area contributed by atoms with Gasteiger partial charge in [-0.3, -0.25) is 10.1 Å². The summed E-state index contributed by atoms with van der Waals surface area (Å²) in [5, 5.41) is 12.8. The van der Waals surface area contributed by atoms with Gasteiger partial charge in [0.25, 0.3) is 0 Å². The van der Waals surface area contributed by atoms with Crippen molar-refractivity contribution in [3.63, 3.8) is 0 Å². The molecule has 2 aliphatic rings. The van der Waals surface area contributed by atoms with Gasteiger partial charge in [-0.25, -0.2) is 0 Å². The van der Waals surface area contributed by atoms with Crippen molar-refractivity contribution < 1.29 is 19.4 Å². The minimum atomic E-state index is -0.920. The average molecular weight is 257 g/mol. The van der Waals surface area contributed by atoms with Gasteiger partial charge >= 0.3 is 5.97 Å². The van der Waals surface area contributed by atoms with E-state index in [-0.39, 0.29) is 24.7 Å². The molecule has 0 bridgehead atoms. The van der Waals surface area contributed by atoms with Crippen molar-refractivity contribution >= 4 is 5.97 Å². The van der Waals surface area contributed by atoms with Crippen LogP contribution in [0.25, 0.3) is 0 Å². The molecule has 5 nitrogen and oxygen atoms in total. The Kier molecular flexibility index (Phi) is 4.25. The van der Waals surface area contributed by atoms with Crippen LogP contribution in [-0.4, -0.2) is 48.6 Å². The van der Waals surface area contributed by atoms with Crippen LogP contribution < -0.4 is 5.32 Å². The van der Waals surface area contributed by atoms with Crippen LogP contribution in [0.3, 0.4) is 0 Å². The van der Waals surface area contributed by atoms with Crippen LogP contribution >= 0.6 is 0 Å². The number of nitrogens with one attached hydrogen (secondary N) is 1. The summed E-state index contributed by atoms with van der Waals surface area (Å²) < 4.78 is 11.0. The largest absolute Gasteiger partial charge is 0.480 e. The summed E-state index contributed by atoms with van der Waals surface area (Å²) in [6.45, 7) is 5.48. The molecule has 1 heterocycles. The number of rotatable bonds is 7. The van der Waals surface area contributed by atoms with Crippen molar-refractivity contribution in [1.82, 2.24) is 5.32 Å². The van der Waals surface area contributed by atoms with E-state index >= 15 is 0 Å². The zero-order chi connectivity index (χ0) is 13.2. The molecule has 2 fully saturated rings. The zero-order valence-electron chi connectivity index (χ0n) is 11.1. The van der Waals surface area contributed by atoms with Crippen molar-refractivity contribution in [1.29, 1.82) is 0 Å². The minimum absolute atomic E-state index is 0.0523. The molecule has 18 heavy (non-hydrogen) atoms. The summed E-state index contributed by atoms with van der Waals surface area (Å²) in [7, 11) is 0. The Bertz CT molecular complexity index is 297. The predicted octanol–water partition coefficient (Wildman–Crippen LogP) is 1.02. The molecule has 5 heteroatoms. The fourth-order valence-corrected chi connectivity index (χ4v) is 2.56. The van der Waals surface area contributed by atoms with Gasteiger partial charge in [0.1, 0.15) is 5.54 Å². The first-order chi connectivity index (χ1) is 8.54. The number of hydrogen-bond donors (Lipinski definition) is 2. The van der Waals surface area contributed by atoms with Gasteiger partial charge in [-0.05, 0) is 39.0 Å². The Morgan fingerprint density at radius 2 is 2.22 bits per heavy atom. The Balaban J connectivity index is 1.99. The maximum atomic E-state index is 11.7. The highest BCUT2D eigenvalue weighted by molar-refractivity contribution is 5.80. The fraction of sp³-hybridized carbons (Fsp3) is 0.923. The van der Waals surface area contributed by atoms with Crippen LogP contribution in [0.15, 0.2) is 0 Å². The van der Waals surface area contributed by atoms with Crippen LogP contribution in [-0.2, 0) is 14.3 Å². The van der Waals surface area contributed by atoms with E-state index in [9.17, 15) is 9.90 Å². The minimum Gasteiger partial charge on any atom is -0.480 e. The first-order valence-corrected chi connectivity index (χ1v) is 6.75. The van der Waals surface area contributed by atoms with E-state index in [1.807, 2.05) is 13.8 Å². The van der Waals surface area contributed by atoms with Crippen LogP contribution in [0.4, 0.5) is 0 Å². The smallest absolute Gasteiger partial charge is 0.326 e. The Labute approximate surface area is 108 Å². The van der Waals surface area contributed by atoms with Crippen molar-refractivity contribution in [2.75, 3.05) is 19.8 Å². The highest BCUT2D eigenvalue weighted by Gasteiger charge is 2.52.